The third-order valence-electron chi connectivity index (χ3n) is 10.9. The molecule has 11 rings (SSSR count). The average molecular weight is 742 g/mol. The summed E-state index contributed by atoms with van der Waals surface area (Å²) in [6, 6.07) is 74.6. The normalized spacial score (nSPS) is 11.4. The molecule has 0 spiro atoms. The fourth-order valence-corrected chi connectivity index (χ4v) is 8.41. The van der Waals surface area contributed by atoms with Gasteiger partial charge in [0.15, 0.2) is 17.5 Å². The van der Waals surface area contributed by atoms with Crippen LogP contribution in [-0.4, -0.2) is 24.1 Å². The molecule has 0 aliphatic rings. The van der Waals surface area contributed by atoms with E-state index in [4.69, 9.17) is 15.0 Å². The lowest BCUT2D eigenvalue weighted by atomic mass is 9.98. The molecule has 0 atom stereocenters. The summed E-state index contributed by atoms with van der Waals surface area (Å²) in [7, 11) is 0. The molecule has 5 nitrogen and oxygen atoms in total. The monoisotopic (exact) mass is 741 g/mol. The van der Waals surface area contributed by atoms with Gasteiger partial charge in [-0.1, -0.05) is 182 Å². The molecule has 58 heavy (non-hydrogen) atoms. The van der Waals surface area contributed by atoms with Crippen molar-refractivity contribution in [2.45, 2.75) is 0 Å². The largest absolute Gasteiger partial charge is 0.307 e. The van der Waals surface area contributed by atoms with Gasteiger partial charge in [-0.3, -0.25) is 0 Å². The van der Waals surface area contributed by atoms with Crippen LogP contribution in [0.1, 0.15) is 0 Å². The number of aromatic nitrogens is 5. The van der Waals surface area contributed by atoms with Crippen LogP contribution >= 0.6 is 0 Å². The summed E-state index contributed by atoms with van der Waals surface area (Å²) >= 11 is 0. The van der Waals surface area contributed by atoms with Crippen molar-refractivity contribution in [3.05, 3.63) is 212 Å². The highest BCUT2D eigenvalue weighted by Crippen LogP contribution is 2.47. The van der Waals surface area contributed by atoms with Crippen molar-refractivity contribution < 1.29 is 0 Å². The van der Waals surface area contributed by atoms with Crippen molar-refractivity contribution in [1.82, 2.24) is 24.1 Å². The van der Waals surface area contributed by atoms with Gasteiger partial charge in [-0.2, -0.15) is 0 Å². The molecule has 8 aromatic carbocycles. The molecule has 272 valence electrons. The Bertz CT molecular complexity index is 3190. The predicted octanol–water partition coefficient (Wildman–Crippen LogP) is 13.2. The molecule has 0 N–H and O–H groups in total. The second-order valence-electron chi connectivity index (χ2n) is 14.4. The highest BCUT2D eigenvalue weighted by molar-refractivity contribution is 6.22. The Labute approximate surface area is 335 Å². The third kappa shape index (κ3) is 5.60. The van der Waals surface area contributed by atoms with E-state index in [-0.39, 0.29) is 0 Å². The summed E-state index contributed by atoms with van der Waals surface area (Å²) in [6.07, 6.45) is 0. The first-order valence-corrected chi connectivity index (χ1v) is 19.5. The van der Waals surface area contributed by atoms with Gasteiger partial charge in [0.2, 0.25) is 0 Å². The minimum absolute atomic E-state index is 0.617. The van der Waals surface area contributed by atoms with Gasteiger partial charge in [0.25, 0.3) is 0 Å². The Morgan fingerprint density at radius 3 is 1.36 bits per heavy atom. The van der Waals surface area contributed by atoms with Crippen molar-refractivity contribution >= 4 is 32.7 Å². The lowest BCUT2D eigenvalue weighted by Crippen LogP contribution is -2.02. The lowest BCUT2D eigenvalue weighted by Gasteiger charge is -2.15. The van der Waals surface area contributed by atoms with Crippen LogP contribution in [-0.2, 0) is 0 Å². The fraction of sp³-hybridized carbons (Fsp3) is 0. The van der Waals surface area contributed by atoms with Gasteiger partial charge in [-0.15, -0.1) is 0 Å². The molecule has 5 heteroatoms. The zero-order valence-corrected chi connectivity index (χ0v) is 31.4. The van der Waals surface area contributed by atoms with E-state index >= 15 is 0 Å². The topological polar surface area (TPSA) is 48.5 Å². The molecular weight excluding hydrogens is 707 g/mol. The van der Waals surface area contributed by atoms with Crippen molar-refractivity contribution in [2.75, 3.05) is 0 Å². The number of fused-ring (bicyclic) bond motifs is 5. The van der Waals surface area contributed by atoms with Crippen molar-refractivity contribution in [3.63, 3.8) is 0 Å². The molecule has 0 radical (unpaired) electrons. The van der Waals surface area contributed by atoms with Crippen molar-refractivity contribution in [2.24, 2.45) is 0 Å². The van der Waals surface area contributed by atoms with Gasteiger partial charge >= 0.3 is 0 Å². The van der Waals surface area contributed by atoms with E-state index in [1.807, 2.05) is 60.7 Å². The van der Waals surface area contributed by atoms with Crippen LogP contribution in [0.15, 0.2) is 212 Å². The number of rotatable bonds is 7. The fourth-order valence-electron chi connectivity index (χ4n) is 8.41. The maximum atomic E-state index is 5.10. The molecule has 0 saturated heterocycles. The summed E-state index contributed by atoms with van der Waals surface area (Å²) in [5.74, 6) is 1.89. The van der Waals surface area contributed by atoms with Crippen LogP contribution in [0.4, 0.5) is 0 Å². The lowest BCUT2D eigenvalue weighted by molar-refractivity contribution is 1.07. The quantitative estimate of drug-likeness (QED) is 0.163. The van der Waals surface area contributed by atoms with Gasteiger partial charge in [0.05, 0.1) is 22.2 Å². The van der Waals surface area contributed by atoms with Gasteiger partial charge in [0, 0.05) is 49.8 Å². The van der Waals surface area contributed by atoms with E-state index < -0.39 is 0 Å². The van der Waals surface area contributed by atoms with E-state index in [2.05, 4.69) is 161 Å². The van der Waals surface area contributed by atoms with Crippen LogP contribution < -0.4 is 0 Å². The Hall–Kier alpha value is -7.89. The first-order chi connectivity index (χ1) is 28.8. The van der Waals surface area contributed by atoms with E-state index in [9.17, 15) is 0 Å². The maximum absolute atomic E-state index is 5.10. The third-order valence-corrected chi connectivity index (χ3v) is 10.9. The summed E-state index contributed by atoms with van der Waals surface area (Å²) in [5.41, 5.74) is 13.0. The molecule has 0 amide bonds. The minimum atomic E-state index is 0.617. The zero-order valence-electron chi connectivity index (χ0n) is 31.4. The molecule has 3 aromatic heterocycles. The number of hydrogen-bond acceptors (Lipinski definition) is 3. The summed E-state index contributed by atoms with van der Waals surface area (Å²) < 4.78 is 4.90. The highest BCUT2D eigenvalue weighted by Gasteiger charge is 2.26. The van der Waals surface area contributed by atoms with E-state index in [0.717, 1.165) is 55.9 Å². The molecular formula is C53H35N5. The molecule has 0 unspecified atom stereocenters. The molecule has 0 aliphatic carbocycles. The molecule has 11 aromatic rings. The van der Waals surface area contributed by atoms with Crippen molar-refractivity contribution in [1.29, 1.82) is 0 Å². The van der Waals surface area contributed by atoms with Crippen LogP contribution in [0.5, 0.6) is 0 Å². The summed E-state index contributed by atoms with van der Waals surface area (Å²) in [6.45, 7) is 0. The predicted molar refractivity (Wildman–Crippen MR) is 238 cm³/mol. The van der Waals surface area contributed by atoms with Gasteiger partial charge < -0.3 is 9.13 Å². The van der Waals surface area contributed by atoms with Gasteiger partial charge in [-0.05, 0) is 41.5 Å². The second kappa shape index (κ2) is 14.0. The maximum Gasteiger partial charge on any atom is 0.164 e. The summed E-state index contributed by atoms with van der Waals surface area (Å²) in [5, 5.41) is 3.55. The Morgan fingerprint density at radius 1 is 0.293 bits per heavy atom. The number of hydrogen-bond donors (Lipinski definition) is 0. The van der Waals surface area contributed by atoms with Gasteiger partial charge in [-0.25, -0.2) is 15.0 Å². The number of benzene rings is 8. The molecule has 3 heterocycles. The van der Waals surface area contributed by atoms with Crippen LogP contribution in [0, 0.1) is 0 Å². The van der Waals surface area contributed by atoms with E-state index in [1.165, 1.54) is 27.3 Å². The smallest absolute Gasteiger partial charge is 0.164 e. The Kier molecular flexibility index (Phi) is 8.07. The molecule has 0 saturated carbocycles. The van der Waals surface area contributed by atoms with Crippen molar-refractivity contribution in [3.8, 4) is 67.9 Å². The van der Waals surface area contributed by atoms with Crippen LogP contribution in [0.25, 0.3) is 101 Å². The zero-order chi connectivity index (χ0) is 38.4. The highest BCUT2D eigenvalue weighted by atomic mass is 15.1. The minimum Gasteiger partial charge on any atom is -0.307 e. The van der Waals surface area contributed by atoms with E-state index in [0.29, 0.717) is 17.5 Å². The SMILES string of the molecule is c1ccc(-c2nc(-c3ccccc3)nc(-c3cccc(-n4c5ccccc5c5ccc6c(-c7ccccc7)c(-c7ccccc7)n(-c7ccccc7)c6c54)c3)n2)cc1. The average Bonchev–Trinajstić information content (AvgIpc) is 3.84. The standard InChI is InChI=1S/C53H35N5/c1-6-19-36(20-7-1)47-45-34-33-44-43-31-16-17-32-46(43)57(49(44)50(45)58(41-28-14-5-15-29-41)48(47)37-21-8-2-9-22-37)42-30-18-27-40(35-42)53-55-51(38-23-10-3-11-24-38)54-52(56-53)39-25-12-4-13-26-39/h1-35H. The summed E-state index contributed by atoms with van der Waals surface area (Å²) in [4.78, 5) is 15.1. The molecule has 0 fully saturated rings. The van der Waals surface area contributed by atoms with Gasteiger partial charge in [0.1, 0.15) is 0 Å². The first kappa shape index (κ1) is 33.4. The number of para-hydroxylation sites is 2. The number of nitrogens with zero attached hydrogens (tertiary/aromatic N) is 5. The Balaban J connectivity index is 1.23. The molecule has 0 bridgehead atoms. The van der Waals surface area contributed by atoms with Crippen LogP contribution in [0.3, 0.4) is 0 Å². The Morgan fingerprint density at radius 2 is 0.741 bits per heavy atom. The van der Waals surface area contributed by atoms with E-state index in [1.54, 1.807) is 0 Å². The first-order valence-electron chi connectivity index (χ1n) is 19.5. The molecule has 0 aliphatic heterocycles. The van der Waals surface area contributed by atoms with Crippen LogP contribution in [0.2, 0.25) is 0 Å². The second-order valence-corrected chi connectivity index (χ2v) is 14.4.